The number of hydrogen-bond acceptors (Lipinski definition) is 3. The molecule has 140 valence electrons. The molecule has 1 aromatic carbocycles. The summed E-state index contributed by atoms with van der Waals surface area (Å²) in [5, 5.41) is 5.96. The molecule has 0 aromatic heterocycles. The van der Waals surface area contributed by atoms with Gasteiger partial charge in [-0.1, -0.05) is 52.0 Å². The third kappa shape index (κ3) is 6.86. The van der Waals surface area contributed by atoms with E-state index < -0.39 is 0 Å². The zero-order valence-electron chi connectivity index (χ0n) is 16.4. The van der Waals surface area contributed by atoms with E-state index in [-0.39, 0.29) is 30.9 Å². The lowest BCUT2D eigenvalue weighted by Gasteiger charge is -2.23. The highest BCUT2D eigenvalue weighted by Crippen LogP contribution is 2.25. The van der Waals surface area contributed by atoms with Crippen LogP contribution < -0.4 is 10.6 Å². The molecule has 2 amide bonds. The van der Waals surface area contributed by atoms with Crippen LogP contribution in [0.25, 0.3) is 0 Å². The summed E-state index contributed by atoms with van der Waals surface area (Å²) in [6.45, 7) is 8.91. The van der Waals surface area contributed by atoms with Crippen LogP contribution in [0.2, 0.25) is 0 Å². The molecule has 5 heteroatoms. The van der Waals surface area contributed by atoms with Gasteiger partial charge in [0.1, 0.15) is 0 Å². The van der Waals surface area contributed by atoms with Gasteiger partial charge in [-0.25, -0.2) is 0 Å². The van der Waals surface area contributed by atoms with E-state index in [1.54, 1.807) is 14.1 Å². The Bertz CT molecular complexity index is 553. The normalized spacial score (nSPS) is 13.4. The number of amides is 2. The Morgan fingerprint density at radius 2 is 1.56 bits per heavy atom. The molecule has 1 rings (SSSR count). The molecule has 1 aromatic rings. The molecule has 0 saturated carbocycles. The minimum absolute atomic E-state index is 0.0312. The minimum atomic E-state index is -0.169. The Labute approximate surface area is 152 Å². The number of rotatable bonds is 9. The maximum Gasteiger partial charge on any atom is 0.241 e. The Morgan fingerprint density at radius 3 is 2.04 bits per heavy atom. The van der Waals surface area contributed by atoms with Crippen molar-refractivity contribution in [1.29, 1.82) is 0 Å². The average molecular weight is 348 g/mol. The van der Waals surface area contributed by atoms with E-state index in [1.165, 1.54) is 16.0 Å². The van der Waals surface area contributed by atoms with Crippen LogP contribution in [-0.2, 0) is 9.59 Å². The van der Waals surface area contributed by atoms with Gasteiger partial charge in [-0.2, -0.15) is 0 Å². The van der Waals surface area contributed by atoms with Crippen LogP contribution in [0.3, 0.4) is 0 Å². The first-order chi connectivity index (χ1) is 11.8. The zero-order chi connectivity index (χ0) is 19.0. The number of benzene rings is 1. The monoisotopic (exact) mass is 347 g/mol. The van der Waals surface area contributed by atoms with Gasteiger partial charge in [-0.05, 0) is 29.4 Å². The lowest BCUT2D eigenvalue weighted by molar-refractivity contribution is -0.130. The fraction of sp³-hybridized carbons (Fsp3) is 0.600. The van der Waals surface area contributed by atoms with E-state index in [1.807, 2.05) is 0 Å². The molecule has 25 heavy (non-hydrogen) atoms. The fourth-order valence-corrected chi connectivity index (χ4v) is 2.60. The minimum Gasteiger partial charge on any atom is -0.347 e. The second-order valence-corrected chi connectivity index (χ2v) is 7.14. The molecule has 2 atom stereocenters. The summed E-state index contributed by atoms with van der Waals surface area (Å²) in [7, 11) is 3.34. The molecule has 0 radical (unpaired) electrons. The Kier molecular flexibility index (Phi) is 8.62. The Morgan fingerprint density at radius 1 is 1.00 bits per heavy atom. The van der Waals surface area contributed by atoms with Crippen molar-refractivity contribution in [2.24, 2.45) is 5.92 Å². The topological polar surface area (TPSA) is 61.4 Å². The highest BCUT2D eigenvalue weighted by molar-refractivity contribution is 5.85. The van der Waals surface area contributed by atoms with Gasteiger partial charge < -0.3 is 15.5 Å². The summed E-state index contributed by atoms with van der Waals surface area (Å²) in [5.41, 5.74) is 2.52. The summed E-state index contributed by atoms with van der Waals surface area (Å²) in [6, 6.07) is 8.74. The van der Waals surface area contributed by atoms with Crippen LogP contribution in [0.4, 0.5) is 0 Å². The van der Waals surface area contributed by atoms with Crippen molar-refractivity contribution in [3.8, 4) is 0 Å². The molecule has 0 spiro atoms. The summed E-state index contributed by atoms with van der Waals surface area (Å²) >= 11 is 0. The number of nitrogens with one attached hydrogen (secondary N) is 2. The highest BCUT2D eigenvalue weighted by atomic mass is 16.2. The van der Waals surface area contributed by atoms with Crippen LogP contribution in [0, 0.1) is 5.92 Å². The number of carbonyl (C=O) groups is 2. The van der Waals surface area contributed by atoms with E-state index in [2.05, 4.69) is 62.6 Å². The maximum absolute atomic E-state index is 12.0. The van der Waals surface area contributed by atoms with Crippen molar-refractivity contribution in [2.75, 3.05) is 27.2 Å². The van der Waals surface area contributed by atoms with Gasteiger partial charge in [0.05, 0.1) is 13.1 Å². The summed E-state index contributed by atoms with van der Waals surface area (Å²) in [6.07, 6.45) is 1.12. The molecule has 0 aliphatic rings. The highest BCUT2D eigenvalue weighted by Gasteiger charge is 2.17. The molecule has 2 N–H and O–H groups in total. The first kappa shape index (κ1) is 21.2. The fourth-order valence-electron chi connectivity index (χ4n) is 2.60. The van der Waals surface area contributed by atoms with Gasteiger partial charge in [0.15, 0.2) is 0 Å². The van der Waals surface area contributed by atoms with Crippen molar-refractivity contribution in [1.82, 2.24) is 15.5 Å². The molecule has 0 heterocycles. The molecule has 0 saturated heterocycles. The van der Waals surface area contributed by atoms with Gasteiger partial charge >= 0.3 is 0 Å². The molecular formula is C20H33N3O2. The van der Waals surface area contributed by atoms with E-state index in [9.17, 15) is 9.59 Å². The SMILES string of the molecule is CC[C@@H](C)c1ccc([C@H](NCC(=O)NCC(=O)N(C)C)C(C)C)cc1. The maximum atomic E-state index is 12.0. The van der Waals surface area contributed by atoms with Crippen LogP contribution >= 0.6 is 0 Å². The van der Waals surface area contributed by atoms with E-state index in [0.717, 1.165) is 6.42 Å². The van der Waals surface area contributed by atoms with Crippen molar-refractivity contribution in [3.63, 3.8) is 0 Å². The molecule has 0 unspecified atom stereocenters. The van der Waals surface area contributed by atoms with E-state index in [4.69, 9.17) is 0 Å². The molecule has 0 aliphatic heterocycles. The average Bonchev–Trinajstić information content (AvgIpc) is 2.59. The smallest absolute Gasteiger partial charge is 0.241 e. The first-order valence-electron chi connectivity index (χ1n) is 9.06. The van der Waals surface area contributed by atoms with Gasteiger partial charge in [0.2, 0.25) is 11.8 Å². The third-order valence-corrected chi connectivity index (χ3v) is 4.56. The zero-order valence-corrected chi connectivity index (χ0v) is 16.4. The number of nitrogens with zero attached hydrogens (tertiary/aromatic N) is 1. The number of likely N-dealkylation sites (N-methyl/N-ethyl adjacent to an activating group) is 1. The third-order valence-electron chi connectivity index (χ3n) is 4.56. The van der Waals surface area contributed by atoms with E-state index in [0.29, 0.717) is 11.8 Å². The Hall–Kier alpha value is -1.88. The van der Waals surface area contributed by atoms with Gasteiger partial charge in [-0.15, -0.1) is 0 Å². The second-order valence-electron chi connectivity index (χ2n) is 7.14. The first-order valence-corrected chi connectivity index (χ1v) is 9.06. The molecule has 5 nitrogen and oxygen atoms in total. The van der Waals surface area contributed by atoms with E-state index >= 15 is 0 Å². The van der Waals surface area contributed by atoms with Crippen LogP contribution in [0.15, 0.2) is 24.3 Å². The number of hydrogen-bond donors (Lipinski definition) is 2. The largest absolute Gasteiger partial charge is 0.347 e. The van der Waals surface area contributed by atoms with Crippen molar-refractivity contribution < 1.29 is 9.59 Å². The van der Waals surface area contributed by atoms with Crippen molar-refractivity contribution >= 4 is 11.8 Å². The second kappa shape index (κ2) is 10.2. The van der Waals surface area contributed by atoms with Crippen molar-refractivity contribution in [3.05, 3.63) is 35.4 Å². The van der Waals surface area contributed by atoms with Crippen LogP contribution in [-0.4, -0.2) is 43.9 Å². The predicted molar refractivity (Wildman–Crippen MR) is 102 cm³/mol. The standard InChI is InChI=1S/C20H33N3O2/c1-7-15(4)16-8-10-17(11-9-16)20(14(2)3)22-12-18(24)21-13-19(25)23(5)6/h8-11,14-15,20,22H,7,12-13H2,1-6H3,(H,21,24)/t15-,20-/m1/s1. The lowest BCUT2D eigenvalue weighted by atomic mass is 9.92. The van der Waals surface area contributed by atoms with Crippen LogP contribution in [0.1, 0.15) is 57.2 Å². The quantitative estimate of drug-likeness (QED) is 0.722. The van der Waals surface area contributed by atoms with Gasteiger partial charge in [0, 0.05) is 20.1 Å². The summed E-state index contributed by atoms with van der Waals surface area (Å²) < 4.78 is 0. The molecular weight excluding hydrogens is 314 g/mol. The van der Waals surface area contributed by atoms with Crippen molar-refractivity contribution in [2.45, 2.75) is 46.1 Å². The van der Waals surface area contributed by atoms with Crippen LogP contribution in [0.5, 0.6) is 0 Å². The Balaban J connectivity index is 2.62. The summed E-state index contributed by atoms with van der Waals surface area (Å²) in [5.74, 6) is 0.622. The van der Waals surface area contributed by atoms with Gasteiger partial charge in [0.25, 0.3) is 0 Å². The predicted octanol–water partition coefficient (Wildman–Crippen LogP) is 2.69. The number of carbonyl (C=O) groups excluding carboxylic acids is 2. The molecule has 0 fully saturated rings. The van der Waals surface area contributed by atoms with Gasteiger partial charge in [-0.3, -0.25) is 9.59 Å². The summed E-state index contributed by atoms with van der Waals surface area (Å²) in [4.78, 5) is 24.9. The molecule has 0 bridgehead atoms. The lowest BCUT2D eigenvalue weighted by Crippen LogP contribution is -2.41. The molecule has 0 aliphatic carbocycles.